The number of amides is 1. The molecule has 1 aliphatic heterocycles. The molecular formula is C19H26N2O3. The quantitative estimate of drug-likeness (QED) is 0.841. The van der Waals surface area contributed by atoms with Gasteiger partial charge in [0.05, 0.1) is 12.6 Å². The number of carboxylic acids is 1. The van der Waals surface area contributed by atoms with Crippen LogP contribution in [0.2, 0.25) is 0 Å². The summed E-state index contributed by atoms with van der Waals surface area (Å²) in [6.45, 7) is 0.858. The second-order valence-corrected chi connectivity index (χ2v) is 6.97. The number of rotatable bonds is 6. The first-order valence-corrected chi connectivity index (χ1v) is 8.96. The summed E-state index contributed by atoms with van der Waals surface area (Å²) in [6.07, 6.45) is 6.19. The van der Waals surface area contributed by atoms with Gasteiger partial charge < -0.3 is 10.4 Å². The third-order valence-corrected chi connectivity index (χ3v) is 5.34. The van der Waals surface area contributed by atoms with Gasteiger partial charge in [0.2, 0.25) is 5.91 Å². The van der Waals surface area contributed by atoms with E-state index in [4.69, 9.17) is 0 Å². The Hall–Kier alpha value is -1.88. The molecule has 1 saturated carbocycles. The van der Waals surface area contributed by atoms with E-state index in [1.54, 1.807) is 4.90 Å². The van der Waals surface area contributed by atoms with Crippen LogP contribution >= 0.6 is 0 Å². The molecule has 0 radical (unpaired) electrons. The van der Waals surface area contributed by atoms with Crippen LogP contribution < -0.4 is 5.32 Å². The summed E-state index contributed by atoms with van der Waals surface area (Å²) in [5.74, 6) is -0.412. The van der Waals surface area contributed by atoms with E-state index in [2.05, 4.69) is 17.4 Å². The highest BCUT2D eigenvalue weighted by Gasteiger charge is 2.33. The van der Waals surface area contributed by atoms with Crippen LogP contribution in [0.15, 0.2) is 30.3 Å². The Labute approximate surface area is 143 Å². The van der Waals surface area contributed by atoms with E-state index >= 15 is 0 Å². The number of hydrogen-bond donors (Lipinski definition) is 2. The third kappa shape index (κ3) is 3.96. The van der Waals surface area contributed by atoms with Crippen molar-refractivity contribution < 1.29 is 14.7 Å². The highest BCUT2D eigenvalue weighted by atomic mass is 16.4. The van der Waals surface area contributed by atoms with Crippen LogP contribution in [0.4, 0.5) is 0 Å². The lowest BCUT2D eigenvalue weighted by Crippen LogP contribution is -2.44. The molecule has 1 aliphatic carbocycles. The number of carbonyl (C=O) groups is 2. The zero-order valence-corrected chi connectivity index (χ0v) is 14.0. The molecule has 3 rings (SSSR count). The lowest BCUT2D eigenvalue weighted by Gasteiger charge is -2.27. The second kappa shape index (κ2) is 7.79. The molecule has 0 aromatic heterocycles. The summed E-state index contributed by atoms with van der Waals surface area (Å²) in [7, 11) is 0. The van der Waals surface area contributed by atoms with E-state index in [0.29, 0.717) is 18.9 Å². The van der Waals surface area contributed by atoms with Crippen molar-refractivity contribution in [1.29, 1.82) is 0 Å². The fourth-order valence-corrected chi connectivity index (χ4v) is 4.12. The number of carboxylic acid groups (broad SMARTS) is 1. The number of likely N-dealkylation sites (tertiary alicyclic amines) is 1. The van der Waals surface area contributed by atoms with Gasteiger partial charge in [-0.2, -0.15) is 0 Å². The zero-order valence-electron chi connectivity index (χ0n) is 14.0. The van der Waals surface area contributed by atoms with Crippen LogP contribution in [0.1, 0.15) is 50.1 Å². The number of carbonyl (C=O) groups excluding carboxylic acids is 1. The van der Waals surface area contributed by atoms with E-state index in [9.17, 15) is 14.7 Å². The van der Waals surface area contributed by atoms with E-state index < -0.39 is 12.0 Å². The number of nitrogens with one attached hydrogen (secondary N) is 1. The highest BCUT2D eigenvalue weighted by molar-refractivity contribution is 5.80. The largest absolute Gasteiger partial charge is 0.480 e. The van der Waals surface area contributed by atoms with Crippen LogP contribution in [-0.4, -0.2) is 41.0 Å². The lowest BCUT2D eigenvalue weighted by atomic mass is 9.91. The molecular weight excluding hydrogens is 304 g/mol. The third-order valence-electron chi connectivity index (χ3n) is 5.34. The Bertz CT molecular complexity index is 569. The molecule has 1 aromatic carbocycles. The van der Waals surface area contributed by atoms with Gasteiger partial charge in [-0.3, -0.25) is 14.5 Å². The van der Waals surface area contributed by atoms with Gasteiger partial charge in [-0.05, 0) is 43.7 Å². The van der Waals surface area contributed by atoms with Gasteiger partial charge >= 0.3 is 5.97 Å². The van der Waals surface area contributed by atoms with Crippen LogP contribution in [0.25, 0.3) is 0 Å². The number of benzene rings is 1. The summed E-state index contributed by atoms with van der Waals surface area (Å²) < 4.78 is 0. The molecule has 130 valence electrons. The molecule has 1 unspecified atom stereocenters. The summed E-state index contributed by atoms with van der Waals surface area (Å²) in [5.41, 5.74) is 1.15. The number of nitrogens with zero attached hydrogens (tertiary/aromatic N) is 1. The van der Waals surface area contributed by atoms with Crippen LogP contribution in [0.5, 0.6) is 0 Å². The topological polar surface area (TPSA) is 69.6 Å². The van der Waals surface area contributed by atoms with Gasteiger partial charge in [0.25, 0.3) is 0 Å². The van der Waals surface area contributed by atoms with Crippen molar-refractivity contribution in [2.45, 2.75) is 50.6 Å². The van der Waals surface area contributed by atoms with E-state index in [1.165, 1.54) is 12.8 Å². The summed E-state index contributed by atoms with van der Waals surface area (Å²) in [4.78, 5) is 25.6. The molecule has 5 heteroatoms. The molecule has 2 aliphatic rings. The molecule has 1 aromatic rings. The second-order valence-electron chi connectivity index (χ2n) is 6.97. The maximum atomic E-state index is 12.6. The summed E-state index contributed by atoms with van der Waals surface area (Å²) >= 11 is 0. The van der Waals surface area contributed by atoms with Gasteiger partial charge in [0, 0.05) is 0 Å². The van der Waals surface area contributed by atoms with Crippen molar-refractivity contribution in [3.05, 3.63) is 35.9 Å². The fraction of sp³-hybridized carbons (Fsp3) is 0.579. The van der Waals surface area contributed by atoms with Gasteiger partial charge in [-0.15, -0.1) is 0 Å². The SMILES string of the molecule is O=C(CN1CCC[C@@H]1C(=O)O)NC(c1ccccc1)C1CCCC1. The van der Waals surface area contributed by atoms with Crippen LogP contribution in [0, 0.1) is 5.92 Å². The molecule has 24 heavy (non-hydrogen) atoms. The van der Waals surface area contributed by atoms with Crippen molar-refractivity contribution >= 4 is 11.9 Å². The minimum absolute atomic E-state index is 0.0343. The Morgan fingerprint density at radius 2 is 1.83 bits per heavy atom. The Morgan fingerprint density at radius 1 is 1.12 bits per heavy atom. The molecule has 0 bridgehead atoms. The molecule has 2 N–H and O–H groups in total. The first-order valence-electron chi connectivity index (χ1n) is 8.96. The monoisotopic (exact) mass is 330 g/mol. The zero-order chi connectivity index (χ0) is 16.9. The fourth-order valence-electron chi connectivity index (χ4n) is 4.12. The number of aliphatic carboxylic acids is 1. The minimum atomic E-state index is -0.823. The van der Waals surface area contributed by atoms with Crippen molar-refractivity contribution in [1.82, 2.24) is 10.2 Å². The molecule has 2 atom stereocenters. The lowest BCUT2D eigenvalue weighted by molar-refractivity contribution is -0.142. The molecule has 0 spiro atoms. The van der Waals surface area contributed by atoms with Crippen molar-refractivity contribution in [3.8, 4) is 0 Å². The molecule has 5 nitrogen and oxygen atoms in total. The summed E-state index contributed by atoms with van der Waals surface area (Å²) in [5, 5.41) is 12.4. The first kappa shape index (κ1) is 17.0. The van der Waals surface area contributed by atoms with Gasteiger partial charge in [-0.1, -0.05) is 43.2 Å². The normalized spacial score (nSPS) is 23.2. The maximum absolute atomic E-state index is 12.6. The Morgan fingerprint density at radius 3 is 2.50 bits per heavy atom. The Kier molecular flexibility index (Phi) is 5.51. The average Bonchev–Trinajstić information content (AvgIpc) is 3.25. The highest BCUT2D eigenvalue weighted by Crippen LogP contribution is 2.35. The van der Waals surface area contributed by atoms with E-state index in [-0.39, 0.29) is 18.5 Å². The van der Waals surface area contributed by atoms with Gasteiger partial charge in [0.15, 0.2) is 0 Å². The molecule has 1 heterocycles. The van der Waals surface area contributed by atoms with Crippen molar-refractivity contribution in [3.63, 3.8) is 0 Å². The Balaban J connectivity index is 1.66. The van der Waals surface area contributed by atoms with Gasteiger partial charge in [-0.25, -0.2) is 0 Å². The van der Waals surface area contributed by atoms with E-state index in [1.807, 2.05) is 18.2 Å². The first-order chi connectivity index (χ1) is 11.6. The molecule has 1 amide bonds. The predicted octanol–water partition coefficient (Wildman–Crippen LogP) is 2.58. The molecule has 2 fully saturated rings. The maximum Gasteiger partial charge on any atom is 0.320 e. The summed E-state index contributed by atoms with van der Waals surface area (Å²) in [6, 6.07) is 9.65. The standard InChI is InChI=1S/C19H26N2O3/c22-17(13-21-12-6-11-16(21)19(23)24)20-18(15-9-4-5-10-15)14-7-2-1-3-8-14/h1-3,7-8,15-16,18H,4-6,9-13H2,(H,20,22)(H,23,24)/t16-,18?/m1/s1. The average molecular weight is 330 g/mol. The minimum Gasteiger partial charge on any atom is -0.480 e. The van der Waals surface area contributed by atoms with Crippen LogP contribution in [-0.2, 0) is 9.59 Å². The van der Waals surface area contributed by atoms with E-state index in [0.717, 1.165) is 24.8 Å². The number of hydrogen-bond acceptors (Lipinski definition) is 3. The van der Waals surface area contributed by atoms with Gasteiger partial charge in [0.1, 0.15) is 6.04 Å². The predicted molar refractivity (Wildman–Crippen MR) is 91.5 cm³/mol. The molecule has 1 saturated heterocycles. The smallest absolute Gasteiger partial charge is 0.320 e. The van der Waals surface area contributed by atoms with Crippen molar-refractivity contribution in [2.75, 3.05) is 13.1 Å². The van der Waals surface area contributed by atoms with Crippen molar-refractivity contribution in [2.24, 2.45) is 5.92 Å². The van der Waals surface area contributed by atoms with Crippen LogP contribution in [0.3, 0.4) is 0 Å².